The number of nitrogens with zero attached hydrogens (tertiary/aromatic N) is 1. The van der Waals surface area contributed by atoms with Gasteiger partial charge in [-0.3, -0.25) is 0 Å². The van der Waals surface area contributed by atoms with Gasteiger partial charge in [0.15, 0.2) is 0 Å². The molecule has 2 aliphatic rings. The molecule has 2 atom stereocenters. The quantitative estimate of drug-likeness (QED) is 0.912. The molecule has 116 valence electrons. The van der Waals surface area contributed by atoms with E-state index in [1.807, 2.05) is 0 Å². The maximum absolute atomic E-state index is 13.2. The lowest BCUT2D eigenvalue weighted by molar-refractivity contribution is -0.138. The summed E-state index contributed by atoms with van der Waals surface area (Å²) in [5, 5.41) is 0. The summed E-state index contributed by atoms with van der Waals surface area (Å²) in [5.41, 5.74) is 5.57. The molecule has 1 heterocycles. The zero-order chi connectivity index (χ0) is 15.0. The molecule has 2 N–H and O–H groups in total. The van der Waals surface area contributed by atoms with Crippen molar-refractivity contribution < 1.29 is 17.9 Å². The molecule has 0 radical (unpaired) electrons. The summed E-state index contributed by atoms with van der Waals surface area (Å²) in [6.07, 6.45) is -1.17. The molecule has 2 unspecified atom stereocenters. The molecule has 0 aromatic heterocycles. The monoisotopic (exact) mass is 300 g/mol. The molecule has 1 aromatic carbocycles. The van der Waals surface area contributed by atoms with Crippen molar-refractivity contribution in [1.29, 1.82) is 0 Å². The van der Waals surface area contributed by atoms with Crippen LogP contribution in [0.25, 0.3) is 0 Å². The van der Waals surface area contributed by atoms with Crippen LogP contribution in [0.2, 0.25) is 0 Å². The van der Waals surface area contributed by atoms with E-state index in [1.54, 1.807) is 6.07 Å². The van der Waals surface area contributed by atoms with Crippen molar-refractivity contribution in [2.24, 2.45) is 5.73 Å². The van der Waals surface area contributed by atoms with Crippen LogP contribution in [0.3, 0.4) is 0 Å². The summed E-state index contributed by atoms with van der Waals surface area (Å²) in [4.78, 5) is 2.07. The summed E-state index contributed by atoms with van der Waals surface area (Å²) in [6.45, 7) is 1.10. The smallest absolute Gasteiger partial charge is 0.374 e. The van der Waals surface area contributed by atoms with Crippen molar-refractivity contribution in [3.8, 4) is 0 Å². The minimum absolute atomic E-state index is 0.107. The van der Waals surface area contributed by atoms with E-state index in [9.17, 15) is 13.2 Å². The number of fused-ring (bicyclic) bond motifs is 1. The van der Waals surface area contributed by atoms with Gasteiger partial charge in [-0.2, -0.15) is 13.2 Å². The third kappa shape index (κ3) is 2.74. The van der Waals surface area contributed by atoms with E-state index in [0.717, 1.165) is 19.3 Å². The molecule has 1 saturated carbocycles. The maximum atomic E-state index is 13.2. The number of hydrogen-bond donors (Lipinski definition) is 1. The number of hydrogen-bond acceptors (Lipinski definition) is 3. The highest BCUT2D eigenvalue weighted by Crippen LogP contribution is 2.38. The first-order valence-corrected chi connectivity index (χ1v) is 7.29. The molecule has 1 aromatic rings. The lowest BCUT2D eigenvalue weighted by Gasteiger charge is -2.39. The maximum Gasteiger partial charge on any atom is 0.416 e. The van der Waals surface area contributed by atoms with Gasteiger partial charge in [0.1, 0.15) is 0 Å². The molecular weight excluding hydrogens is 281 g/mol. The zero-order valence-corrected chi connectivity index (χ0v) is 11.7. The number of benzene rings is 1. The zero-order valence-electron chi connectivity index (χ0n) is 11.7. The molecule has 1 aliphatic carbocycles. The van der Waals surface area contributed by atoms with Crippen LogP contribution in [0, 0.1) is 0 Å². The van der Waals surface area contributed by atoms with Crippen LogP contribution in [0.4, 0.5) is 18.9 Å². The minimum atomic E-state index is -4.37. The van der Waals surface area contributed by atoms with Gasteiger partial charge in [0.05, 0.1) is 24.3 Å². The molecule has 0 spiro atoms. The Morgan fingerprint density at radius 3 is 2.81 bits per heavy atom. The Labute approximate surface area is 121 Å². The highest BCUT2D eigenvalue weighted by Gasteiger charge is 2.38. The van der Waals surface area contributed by atoms with Gasteiger partial charge in [0, 0.05) is 18.8 Å². The first kappa shape index (κ1) is 14.7. The van der Waals surface area contributed by atoms with Crippen LogP contribution in [0.5, 0.6) is 0 Å². The number of nitrogens with two attached hydrogens (primary N) is 1. The van der Waals surface area contributed by atoms with Gasteiger partial charge in [-0.1, -0.05) is 6.07 Å². The fraction of sp³-hybridized carbons (Fsp3) is 0.600. The topological polar surface area (TPSA) is 38.5 Å². The number of anilines is 1. The van der Waals surface area contributed by atoms with E-state index < -0.39 is 11.7 Å². The Morgan fingerprint density at radius 1 is 1.29 bits per heavy atom. The van der Waals surface area contributed by atoms with E-state index in [1.165, 1.54) is 12.1 Å². The summed E-state index contributed by atoms with van der Waals surface area (Å²) >= 11 is 0. The predicted molar refractivity (Wildman–Crippen MR) is 74.1 cm³/mol. The Hall–Kier alpha value is -1.27. The van der Waals surface area contributed by atoms with E-state index >= 15 is 0 Å². The van der Waals surface area contributed by atoms with Crippen molar-refractivity contribution in [3.63, 3.8) is 0 Å². The Balaban J connectivity index is 1.95. The summed E-state index contributed by atoms with van der Waals surface area (Å²) < 4.78 is 45.2. The fourth-order valence-corrected chi connectivity index (χ4v) is 3.43. The average Bonchev–Trinajstić information content (AvgIpc) is 2.94. The van der Waals surface area contributed by atoms with Crippen molar-refractivity contribution in [2.45, 2.75) is 44.1 Å². The molecule has 0 bridgehead atoms. The van der Waals surface area contributed by atoms with Gasteiger partial charge in [0.2, 0.25) is 0 Å². The second-order valence-electron chi connectivity index (χ2n) is 5.64. The number of morpholine rings is 1. The van der Waals surface area contributed by atoms with E-state index in [-0.39, 0.29) is 24.3 Å². The van der Waals surface area contributed by atoms with Crippen LogP contribution < -0.4 is 10.6 Å². The SMILES string of the molecule is NCc1ccc(N2CCOC3CCCC32)cc1C(F)(F)F. The third-order valence-electron chi connectivity index (χ3n) is 4.43. The van der Waals surface area contributed by atoms with Crippen LogP contribution in [0.1, 0.15) is 30.4 Å². The molecule has 0 amide bonds. The number of rotatable bonds is 2. The molecular formula is C15H19F3N2O. The van der Waals surface area contributed by atoms with Gasteiger partial charge in [0.25, 0.3) is 0 Å². The highest BCUT2D eigenvalue weighted by atomic mass is 19.4. The van der Waals surface area contributed by atoms with E-state index in [0.29, 0.717) is 18.8 Å². The number of ether oxygens (including phenoxy) is 1. The van der Waals surface area contributed by atoms with Gasteiger partial charge < -0.3 is 15.4 Å². The number of halogens is 3. The predicted octanol–water partition coefficient (Wildman–Crippen LogP) is 2.92. The van der Waals surface area contributed by atoms with E-state index in [2.05, 4.69) is 4.90 Å². The average molecular weight is 300 g/mol. The number of alkyl halides is 3. The molecule has 1 saturated heterocycles. The molecule has 1 aliphatic heterocycles. The van der Waals surface area contributed by atoms with Crippen LogP contribution in [-0.4, -0.2) is 25.3 Å². The first-order valence-electron chi connectivity index (χ1n) is 7.29. The van der Waals surface area contributed by atoms with Crippen molar-refractivity contribution in [2.75, 3.05) is 18.1 Å². The normalized spacial score (nSPS) is 26.0. The second kappa shape index (κ2) is 5.50. The molecule has 3 rings (SSSR count). The second-order valence-corrected chi connectivity index (χ2v) is 5.64. The molecule has 3 nitrogen and oxygen atoms in total. The summed E-state index contributed by atoms with van der Waals surface area (Å²) in [5.74, 6) is 0. The minimum Gasteiger partial charge on any atom is -0.374 e. The van der Waals surface area contributed by atoms with Gasteiger partial charge in [-0.25, -0.2) is 0 Å². The van der Waals surface area contributed by atoms with Crippen LogP contribution >= 0.6 is 0 Å². The lowest BCUT2D eigenvalue weighted by Crippen LogP contribution is -2.48. The van der Waals surface area contributed by atoms with Gasteiger partial charge in [-0.15, -0.1) is 0 Å². The molecule has 2 fully saturated rings. The van der Waals surface area contributed by atoms with Crippen LogP contribution in [0.15, 0.2) is 18.2 Å². The lowest BCUT2D eigenvalue weighted by atomic mass is 10.0. The standard InChI is InChI=1S/C15H19F3N2O/c16-15(17,18)12-8-11(5-4-10(12)9-19)20-6-7-21-14-3-1-2-13(14)20/h4-5,8,13-14H,1-3,6-7,9,19H2. The van der Waals surface area contributed by atoms with Crippen molar-refractivity contribution >= 4 is 5.69 Å². The molecule has 21 heavy (non-hydrogen) atoms. The van der Waals surface area contributed by atoms with Gasteiger partial charge in [-0.05, 0) is 37.0 Å². The Morgan fingerprint density at radius 2 is 2.10 bits per heavy atom. The fourth-order valence-electron chi connectivity index (χ4n) is 3.43. The Kier molecular flexibility index (Phi) is 3.84. The highest BCUT2D eigenvalue weighted by molar-refractivity contribution is 5.53. The van der Waals surface area contributed by atoms with Gasteiger partial charge >= 0.3 is 6.18 Å². The van der Waals surface area contributed by atoms with E-state index in [4.69, 9.17) is 10.5 Å². The van der Waals surface area contributed by atoms with Crippen molar-refractivity contribution in [1.82, 2.24) is 0 Å². The Bertz CT molecular complexity index is 518. The first-order chi connectivity index (χ1) is 10.0. The summed E-state index contributed by atoms with van der Waals surface area (Å²) in [6, 6.07) is 4.68. The summed E-state index contributed by atoms with van der Waals surface area (Å²) in [7, 11) is 0. The third-order valence-corrected chi connectivity index (χ3v) is 4.43. The van der Waals surface area contributed by atoms with Crippen molar-refractivity contribution in [3.05, 3.63) is 29.3 Å². The largest absolute Gasteiger partial charge is 0.416 e. The van der Waals surface area contributed by atoms with Crippen LogP contribution in [-0.2, 0) is 17.5 Å². The molecule has 6 heteroatoms.